The molecule has 24 heavy (non-hydrogen) atoms. The second-order valence-electron chi connectivity index (χ2n) is 6.38. The Balaban J connectivity index is 1.81. The average molecular weight is 344 g/mol. The van der Waals surface area contributed by atoms with Gasteiger partial charge in [0.05, 0.1) is 11.2 Å². The number of benzene rings is 2. The summed E-state index contributed by atoms with van der Waals surface area (Å²) in [5, 5.41) is 9.89. The molecule has 0 bridgehead atoms. The maximum atomic E-state index is 13.6. The molecule has 0 amide bonds. The van der Waals surface area contributed by atoms with Crippen molar-refractivity contribution in [3.8, 4) is 5.69 Å². The number of fused-ring (bicyclic) bond motifs is 1. The van der Waals surface area contributed by atoms with E-state index in [9.17, 15) is 4.39 Å². The summed E-state index contributed by atoms with van der Waals surface area (Å²) in [5.41, 5.74) is 1.57. The smallest absolute Gasteiger partial charge is 0.137 e. The van der Waals surface area contributed by atoms with E-state index in [0.29, 0.717) is 16.6 Å². The molecular formula is C19H19ClFN3. The molecular weight excluding hydrogens is 325 g/mol. The highest BCUT2D eigenvalue weighted by Gasteiger charge is 2.19. The van der Waals surface area contributed by atoms with E-state index in [1.54, 1.807) is 6.07 Å². The van der Waals surface area contributed by atoms with E-state index in [1.807, 2.05) is 28.9 Å². The molecule has 1 aliphatic carbocycles. The lowest BCUT2D eigenvalue weighted by molar-refractivity contribution is 0.461. The number of nitrogens with one attached hydrogen (secondary N) is 1. The van der Waals surface area contributed by atoms with E-state index in [4.69, 9.17) is 11.6 Å². The first-order valence-corrected chi connectivity index (χ1v) is 8.79. The highest BCUT2D eigenvalue weighted by Crippen LogP contribution is 2.30. The fraction of sp³-hybridized carbons (Fsp3) is 0.316. The first-order chi connectivity index (χ1) is 11.7. The number of hydrogen-bond donors (Lipinski definition) is 1. The first-order valence-electron chi connectivity index (χ1n) is 8.41. The third-order valence-electron chi connectivity index (χ3n) is 4.65. The third-order valence-corrected chi connectivity index (χ3v) is 4.90. The van der Waals surface area contributed by atoms with Crippen LogP contribution < -0.4 is 5.32 Å². The van der Waals surface area contributed by atoms with Crippen molar-refractivity contribution in [2.24, 2.45) is 0 Å². The van der Waals surface area contributed by atoms with Gasteiger partial charge in [-0.15, -0.1) is 0 Å². The number of halogens is 2. The van der Waals surface area contributed by atoms with Crippen molar-refractivity contribution in [3.63, 3.8) is 0 Å². The molecule has 1 aromatic heterocycles. The fourth-order valence-electron chi connectivity index (χ4n) is 3.41. The predicted molar refractivity (Wildman–Crippen MR) is 96.5 cm³/mol. The summed E-state index contributed by atoms with van der Waals surface area (Å²) in [7, 11) is 0. The second-order valence-corrected chi connectivity index (χ2v) is 6.81. The largest absolute Gasteiger partial charge is 0.367 e. The van der Waals surface area contributed by atoms with Gasteiger partial charge in [-0.05, 0) is 49.2 Å². The van der Waals surface area contributed by atoms with E-state index in [2.05, 4.69) is 10.4 Å². The number of anilines is 1. The van der Waals surface area contributed by atoms with Crippen molar-refractivity contribution in [3.05, 3.63) is 53.3 Å². The van der Waals surface area contributed by atoms with E-state index in [1.165, 1.54) is 31.4 Å². The Morgan fingerprint density at radius 1 is 1.04 bits per heavy atom. The summed E-state index contributed by atoms with van der Waals surface area (Å²) in [6, 6.07) is 12.7. The number of nitrogens with zero attached hydrogens (tertiary/aromatic N) is 2. The van der Waals surface area contributed by atoms with Crippen LogP contribution in [0.1, 0.15) is 32.1 Å². The van der Waals surface area contributed by atoms with Crippen molar-refractivity contribution in [1.29, 1.82) is 0 Å². The fourth-order valence-corrected chi connectivity index (χ4v) is 3.53. The van der Waals surface area contributed by atoms with Crippen molar-refractivity contribution in [2.75, 3.05) is 5.32 Å². The van der Waals surface area contributed by atoms with Crippen molar-refractivity contribution in [1.82, 2.24) is 9.78 Å². The van der Waals surface area contributed by atoms with Gasteiger partial charge in [0.25, 0.3) is 0 Å². The van der Waals surface area contributed by atoms with Crippen molar-refractivity contribution in [2.45, 2.75) is 38.1 Å². The lowest BCUT2D eigenvalue weighted by atomic mass is 9.95. The Kier molecular flexibility index (Phi) is 4.15. The molecule has 0 unspecified atom stereocenters. The maximum Gasteiger partial charge on any atom is 0.137 e. The van der Waals surface area contributed by atoms with Crippen LogP contribution in [-0.4, -0.2) is 15.8 Å². The van der Waals surface area contributed by atoms with Gasteiger partial charge in [-0.2, -0.15) is 5.10 Å². The topological polar surface area (TPSA) is 29.9 Å². The number of hydrogen-bond acceptors (Lipinski definition) is 2. The maximum absolute atomic E-state index is 13.6. The minimum atomic E-state index is -0.271. The molecule has 3 nitrogen and oxygen atoms in total. The van der Waals surface area contributed by atoms with Gasteiger partial charge in [0.2, 0.25) is 0 Å². The SMILES string of the molecule is Fc1ccc2c(NC3CCCCC3)n(-c3ccc(Cl)cc3)nc2c1. The Labute approximate surface area is 145 Å². The van der Waals surface area contributed by atoms with Gasteiger partial charge in [-0.1, -0.05) is 30.9 Å². The molecule has 0 radical (unpaired) electrons. The van der Waals surface area contributed by atoms with Gasteiger partial charge < -0.3 is 5.32 Å². The highest BCUT2D eigenvalue weighted by atomic mass is 35.5. The zero-order valence-electron chi connectivity index (χ0n) is 13.3. The minimum absolute atomic E-state index is 0.271. The van der Waals surface area contributed by atoms with Crippen LogP contribution in [0.5, 0.6) is 0 Å². The van der Waals surface area contributed by atoms with Crippen molar-refractivity contribution >= 4 is 28.3 Å². The Morgan fingerprint density at radius 2 is 1.79 bits per heavy atom. The van der Waals surface area contributed by atoms with Gasteiger partial charge in [0, 0.05) is 22.5 Å². The van der Waals surface area contributed by atoms with Gasteiger partial charge in [-0.3, -0.25) is 0 Å². The van der Waals surface area contributed by atoms with E-state index >= 15 is 0 Å². The van der Waals surface area contributed by atoms with Crippen LogP contribution in [0.25, 0.3) is 16.6 Å². The molecule has 4 rings (SSSR count). The normalized spacial score (nSPS) is 15.8. The van der Waals surface area contributed by atoms with Gasteiger partial charge in [0.15, 0.2) is 0 Å². The quantitative estimate of drug-likeness (QED) is 0.674. The Morgan fingerprint density at radius 3 is 2.54 bits per heavy atom. The monoisotopic (exact) mass is 343 g/mol. The summed E-state index contributed by atoms with van der Waals surface area (Å²) < 4.78 is 15.5. The predicted octanol–water partition coefficient (Wildman–Crippen LogP) is 5.56. The standard InChI is InChI=1S/C19H19ClFN3/c20-13-6-9-16(10-7-13)24-19(22-15-4-2-1-3-5-15)17-11-8-14(21)12-18(17)23-24/h6-12,15,22H,1-5H2. The number of rotatable bonds is 3. The van der Waals surface area contributed by atoms with Crippen LogP contribution in [0.15, 0.2) is 42.5 Å². The zero-order chi connectivity index (χ0) is 16.5. The molecule has 2 aromatic carbocycles. The Bertz CT molecular complexity index is 851. The van der Waals surface area contributed by atoms with E-state index in [-0.39, 0.29) is 5.82 Å². The molecule has 0 atom stereocenters. The molecule has 3 aromatic rings. The number of aromatic nitrogens is 2. The molecule has 0 aliphatic heterocycles. The first kappa shape index (κ1) is 15.5. The lowest BCUT2D eigenvalue weighted by Gasteiger charge is -2.24. The molecule has 1 heterocycles. The van der Waals surface area contributed by atoms with Crippen LogP contribution >= 0.6 is 11.6 Å². The van der Waals surface area contributed by atoms with Gasteiger partial charge in [0.1, 0.15) is 11.6 Å². The summed E-state index contributed by atoms with van der Waals surface area (Å²) in [5.74, 6) is 0.659. The average Bonchev–Trinajstić information content (AvgIpc) is 2.94. The Hall–Kier alpha value is -2.07. The summed E-state index contributed by atoms with van der Waals surface area (Å²) in [4.78, 5) is 0. The van der Waals surface area contributed by atoms with E-state index in [0.717, 1.165) is 29.7 Å². The third kappa shape index (κ3) is 2.98. The minimum Gasteiger partial charge on any atom is -0.367 e. The lowest BCUT2D eigenvalue weighted by Crippen LogP contribution is -2.23. The molecule has 1 saturated carbocycles. The second kappa shape index (κ2) is 6.44. The van der Waals surface area contributed by atoms with Crippen LogP contribution in [0.2, 0.25) is 5.02 Å². The van der Waals surface area contributed by atoms with Crippen LogP contribution in [0, 0.1) is 5.82 Å². The summed E-state index contributed by atoms with van der Waals surface area (Å²) in [6.45, 7) is 0. The zero-order valence-corrected chi connectivity index (χ0v) is 14.1. The molecule has 124 valence electrons. The molecule has 0 saturated heterocycles. The van der Waals surface area contributed by atoms with Gasteiger partial charge >= 0.3 is 0 Å². The van der Waals surface area contributed by atoms with E-state index < -0.39 is 0 Å². The van der Waals surface area contributed by atoms with Crippen LogP contribution in [-0.2, 0) is 0 Å². The summed E-state index contributed by atoms with van der Waals surface area (Å²) >= 11 is 6.00. The molecule has 0 spiro atoms. The van der Waals surface area contributed by atoms with Crippen LogP contribution in [0.3, 0.4) is 0 Å². The van der Waals surface area contributed by atoms with Crippen LogP contribution in [0.4, 0.5) is 10.2 Å². The molecule has 5 heteroatoms. The summed E-state index contributed by atoms with van der Waals surface area (Å²) in [6.07, 6.45) is 6.13. The molecule has 1 aliphatic rings. The molecule has 1 fully saturated rings. The van der Waals surface area contributed by atoms with Gasteiger partial charge in [-0.25, -0.2) is 9.07 Å². The van der Waals surface area contributed by atoms with Crippen molar-refractivity contribution < 1.29 is 4.39 Å². The highest BCUT2D eigenvalue weighted by molar-refractivity contribution is 6.30. The molecule has 1 N–H and O–H groups in total.